The zero-order valence-electron chi connectivity index (χ0n) is 15.7. The second-order valence-corrected chi connectivity index (χ2v) is 6.60. The SMILES string of the molecule is COc1ccc(NC(=O)CSc2ccccc2C(=O)O[C@@H](C)C#N)cc1OC. The Balaban J connectivity index is 2.02. The molecule has 0 radical (unpaired) electrons. The molecular formula is C20H20N2O5S. The number of nitrogens with one attached hydrogen (secondary N) is 1. The molecule has 0 fully saturated rings. The Bertz CT molecular complexity index is 894. The summed E-state index contributed by atoms with van der Waals surface area (Å²) in [6.07, 6.45) is -0.848. The Kier molecular flexibility index (Phi) is 7.72. The van der Waals surface area contributed by atoms with E-state index in [1.165, 1.54) is 32.9 Å². The van der Waals surface area contributed by atoms with Gasteiger partial charge < -0.3 is 19.5 Å². The molecular weight excluding hydrogens is 380 g/mol. The third-order valence-electron chi connectivity index (χ3n) is 3.60. The molecule has 8 heteroatoms. The van der Waals surface area contributed by atoms with Crippen LogP contribution in [0, 0.1) is 11.3 Å². The predicted octanol–water partition coefficient (Wildman–Crippen LogP) is 3.50. The normalized spacial score (nSPS) is 11.1. The molecule has 0 aromatic heterocycles. The van der Waals surface area contributed by atoms with Crippen molar-refractivity contribution in [1.29, 1.82) is 5.26 Å². The largest absolute Gasteiger partial charge is 0.493 e. The molecule has 7 nitrogen and oxygen atoms in total. The molecule has 0 heterocycles. The van der Waals surface area contributed by atoms with Crippen LogP contribution in [0.1, 0.15) is 17.3 Å². The van der Waals surface area contributed by atoms with E-state index in [-0.39, 0.29) is 11.7 Å². The first kappa shape index (κ1) is 21.1. The number of carbonyl (C=O) groups excluding carboxylic acids is 2. The topological polar surface area (TPSA) is 97.6 Å². The first-order chi connectivity index (χ1) is 13.5. The average molecular weight is 400 g/mol. The molecule has 0 unspecified atom stereocenters. The predicted molar refractivity (Wildman–Crippen MR) is 106 cm³/mol. The average Bonchev–Trinajstić information content (AvgIpc) is 2.72. The second-order valence-electron chi connectivity index (χ2n) is 5.58. The van der Waals surface area contributed by atoms with Gasteiger partial charge >= 0.3 is 5.97 Å². The third-order valence-corrected chi connectivity index (χ3v) is 4.67. The third kappa shape index (κ3) is 5.66. The number of anilines is 1. The van der Waals surface area contributed by atoms with Crippen LogP contribution in [0.4, 0.5) is 5.69 Å². The number of nitriles is 1. The summed E-state index contributed by atoms with van der Waals surface area (Å²) in [7, 11) is 3.05. The molecule has 0 bridgehead atoms. The van der Waals surface area contributed by atoms with Crippen molar-refractivity contribution in [2.24, 2.45) is 0 Å². The van der Waals surface area contributed by atoms with Crippen molar-refractivity contribution in [2.45, 2.75) is 17.9 Å². The van der Waals surface area contributed by atoms with Gasteiger partial charge in [-0.2, -0.15) is 5.26 Å². The minimum absolute atomic E-state index is 0.0897. The lowest BCUT2D eigenvalue weighted by atomic mass is 10.2. The van der Waals surface area contributed by atoms with E-state index in [0.29, 0.717) is 27.6 Å². The molecule has 1 atom stereocenters. The number of nitrogens with zero attached hydrogens (tertiary/aromatic N) is 1. The Morgan fingerprint density at radius 2 is 1.86 bits per heavy atom. The van der Waals surface area contributed by atoms with Crippen molar-refractivity contribution in [3.8, 4) is 17.6 Å². The summed E-state index contributed by atoms with van der Waals surface area (Å²) in [5, 5.41) is 11.6. The van der Waals surface area contributed by atoms with Gasteiger partial charge in [-0.1, -0.05) is 12.1 Å². The molecule has 28 heavy (non-hydrogen) atoms. The summed E-state index contributed by atoms with van der Waals surface area (Å²) >= 11 is 1.20. The fourth-order valence-electron chi connectivity index (χ4n) is 2.27. The fraction of sp³-hybridized carbons (Fsp3) is 0.250. The van der Waals surface area contributed by atoms with Crippen LogP contribution < -0.4 is 14.8 Å². The van der Waals surface area contributed by atoms with E-state index in [2.05, 4.69) is 5.32 Å². The second kappa shape index (κ2) is 10.2. The number of thioether (sulfide) groups is 1. The molecule has 0 aliphatic carbocycles. The van der Waals surface area contributed by atoms with E-state index in [4.69, 9.17) is 19.5 Å². The lowest BCUT2D eigenvalue weighted by Crippen LogP contribution is -2.16. The van der Waals surface area contributed by atoms with Crippen molar-refractivity contribution < 1.29 is 23.8 Å². The molecule has 2 aromatic carbocycles. The van der Waals surface area contributed by atoms with Crippen molar-refractivity contribution >= 4 is 29.3 Å². The van der Waals surface area contributed by atoms with Crippen molar-refractivity contribution in [1.82, 2.24) is 0 Å². The van der Waals surface area contributed by atoms with E-state index in [1.807, 2.05) is 6.07 Å². The van der Waals surface area contributed by atoms with E-state index in [1.54, 1.807) is 42.5 Å². The minimum atomic E-state index is -0.848. The van der Waals surface area contributed by atoms with Crippen LogP contribution in [0.3, 0.4) is 0 Å². The maximum absolute atomic E-state index is 12.3. The van der Waals surface area contributed by atoms with Gasteiger partial charge in [0.1, 0.15) is 6.07 Å². The van der Waals surface area contributed by atoms with Crippen LogP contribution in [0.2, 0.25) is 0 Å². The summed E-state index contributed by atoms with van der Waals surface area (Å²) < 4.78 is 15.4. The lowest BCUT2D eigenvalue weighted by molar-refractivity contribution is -0.113. The van der Waals surface area contributed by atoms with Gasteiger partial charge in [-0.3, -0.25) is 4.79 Å². The molecule has 0 spiro atoms. The van der Waals surface area contributed by atoms with Crippen LogP contribution in [0.5, 0.6) is 11.5 Å². The van der Waals surface area contributed by atoms with Crippen LogP contribution >= 0.6 is 11.8 Å². The molecule has 2 aromatic rings. The Morgan fingerprint density at radius 3 is 2.54 bits per heavy atom. The maximum atomic E-state index is 12.3. The summed E-state index contributed by atoms with van der Waals surface area (Å²) in [6, 6.07) is 13.7. The summed E-state index contributed by atoms with van der Waals surface area (Å²) in [6.45, 7) is 1.49. The van der Waals surface area contributed by atoms with Crippen molar-refractivity contribution in [2.75, 3.05) is 25.3 Å². The fourth-order valence-corrected chi connectivity index (χ4v) is 3.11. The van der Waals surface area contributed by atoms with E-state index in [0.717, 1.165) is 0 Å². The van der Waals surface area contributed by atoms with Gasteiger partial charge in [0, 0.05) is 16.6 Å². The minimum Gasteiger partial charge on any atom is -0.493 e. The molecule has 0 saturated carbocycles. The van der Waals surface area contributed by atoms with Gasteiger partial charge in [0.05, 0.1) is 25.5 Å². The quantitative estimate of drug-likeness (QED) is 0.535. The summed E-state index contributed by atoms with van der Waals surface area (Å²) in [5.74, 6) is 0.316. The van der Waals surface area contributed by atoms with Gasteiger partial charge in [-0.25, -0.2) is 4.79 Å². The van der Waals surface area contributed by atoms with Crippen LogP contribution in [0.15, 0.2) is 47.4 Å². The van der Waals surface area contributed by atoms with Crippen LogP contribution in [-0.2, 0) is 9.53 Å². The highest BCUT2D eigenvalue weighted by molar-refractivity contribution is 8.00. The Labute approximate surface area is 167 Å². The van der Waals surface area contributed by atoms with Gasteiger partial charge in [0.2, 0.25) is 5.91 Å². The number of rotatable bonds is 8. The standard InChI is InChI=1S/C20H20N2O5S/c1-13(11-21)27-20(24)15-6-4-5-7-18(15)28-12-19(23)22-14-8-9-16(25-2)17(10-14)26-3/h4-10,13H,12H2,1-3H3,(H,22,23)/t13-/m0/s1. The number of hydrogen-bond donors (Lipinski definition) is 1. The lowest BCUT2D eigenvalue weighted by Gasteiger charge is -2.12. The van der Waals surface area contributed by atoms with Crippen molar-refractivity contribution in [3.05, 3.63) is 48.0 Å². The molecule has 1 amide bonds. The number of amides is 1. The molecule has 1 N–H and O–H groups in total. The molecule has 0 aliphatic heterocycles. The van der Waals surface area contributed by atoms with E-state index < -0.39 is 12.1 Å². The number of carbonyl (C=O) groups is 2. The van der Waals surface area contributed by atoms with Gasteiger partial charge in [0.25, 0.3) is 0 Å². The van der Waals surface area contributed by atoms with Gasteiger partial charge in [-0.15, -0.1) is 11.8 Å². The molecule has 2 rings (SSSR count). The summed E-state index contributed by atoms with van der Waals surface area (Å²) in [5.41, 5.74) is 0.882. The monoisotopic (exact) mass is 400 g/mol. The first-order valence-electron chi connectivity index (χ1n) is 8.32. The van der Waals surface area contributed by atoms with E-state index in [9.17, 15) is 9.59 Å². The van der Waals surface area contributed by atoms with Gasteiger partial charge in [-0.05, 0) is 31.2 Å². The summed E-state index contributed by atoms with van der Waals surface area (Å²) in [4.78, 5) is 25.1. The number of benzene rings is 2. The zero-order chi connectivity index (χ0) is 20.5. The first-order valence-corrected chi connectivity index (χ1v) is 9.31. The smallest absolute Gasteiger partial charge is 0.340 e. The number of methoxy groups -OCH3 is 2. The van der Waals surface area contributed by atoms with Gasteiger partial charge in [0.15, 0.2) is 17.6 Å². The van der Waals surface area contributed by atoms with E-state index >= 15 is 0 Å². The molecule has 146 valence electrons. The molecule has 0 saturated heterocycles. The number of esters is 1. The maximum Gasteiger partial charge on any atom is 0.340 e. The number of hydrogen-bond acceptors (Lipinski definition) is 7. The van der Waals surface area contributed by atoms with Crippen molar-refractivity contribution in [3.63, 3.8) is 0 Å². The highest BCUT2D eigenvalue weighted by Gasteiger charge is 2.16. The highest BCUT2D eigenvalue weighted by atomic mass is 32.2. The van der Waals surface area contributed by atoms with Crippen LogP contribution in [-0.4, -0.2) is 38.0 Å². The zero-order valence-corrected chi connectivity index (χ0v) is 16.5. The molecule has 0 aliphatic rings. The number of ether oxygens (including phenoxy) is 3. The Hall–Kier alpha value is -3.18. The van der Waals surface area contributed by atoms with Crippen LogP contribution in [0.25, 0.3) is 0 Å². The Morgan fingerprint density at radius 1 is 1.14 bits per heavy atom. The highest BCUT2D eigenvalue weighted by Crippen LogP contribution is 2.30.